The number of allylic oxidation sites excluding steroid dienone is 1. The van der Waals surface area contributed by atoms with Gasteiger partial charge in [0, 0.05) is 11.1 Å². The number of nitriles is 1. The molecule has 2 aromatic carbocycles. The second kappa shape index (κ2) is 7.40. The molecule has 1 aliphatic heterocycles. The summed E-state index contributed by atoms with van der Waals surface area (Å²) in [7, 11) is 3.01. The van der Waals surface area contributed by atoms with E-state index < -0.39 is 17.6 Å². The van der Waals surface area contributed by atoms with E-state index in [1.807, 2.05) is 6.07 Å². The number of nitrogens with zero attached hydrogens (tertiary/aromatic N) is 2. The molecule has 0 saturated carbocycles. The maximum absolute atomic E-state index is 14.7. The van der Waals surface area contributed by atoms with Gasteiger partial charge < -0.3 is 19.9 Å². The molecule has 4 rings (SSSR count). The fourth-order valence-electron chi connectivity index (χ4n) is 3.51. The summed E-state index contributed by atoms with van der Waals surface area (Å²) >= 11 is 0. The maximum atomic E-state index is 14.7. The number of nitrogens with two attached hydrogens (primary N) is 1. The molecule has 1 aromatic heterocycles. The quantitative estimate of drug-likeness (QED) is 0.681. The number of aromatic amines is 1. The molecular weight excluding hydrogens is 394 g/mol. The first kappa shape index (κ1) is 19.3. The summed E-state index contributed by atoms with van der Waals surface area (Å²) in [4.78, 5) is 0. The molecule has 7 nitrogen and oxygen atoms in total. The van der Waals surface area contributed by atoms with Crippen LogP contribution in [0.3, 0.4) is 0 Å². The molecule has 9 heteroatoms. The third kappa shape index (κ3) is 2.99. The predicted octanol–water partition coefficient (Wildman–Crippen LogP) is 3.59. The van der Waals surface area contributed by atoms with E-state index in [2.05, 4.69) is 10.2 Å². The highest BCUT2D eigenvalue weighted by atomic mass is 19.1. The van der Waals surface area contributed by atoms with Crippen molar-refractivity contribution in [3.05, 3.63) is 70.6 Å². The molecule has 30 heavy (non-hydrogen) atoms. The van der Waals surface area contributed by atoms with Crippen molar-refractivity contribution in [1.82, 2.24) is 10.2 Å². The fourth-order valence-corrected chi connectivity index (χ4v) is 3.51. The minimum absolute atomic E-state index is 0.0556. The Kier molecular flexibility index (Phi) is 4.75. The van der Waals surface area contributed by atoms with Crippen LogP contribution in [0.5, 0.6) is 17.4 Å². The lowest BCUT2D eigenvalue weighted by Crippen LogP contribution is -2.21. The first-order chi connectivity index (χ1) is 14.5. The minimum Gasteiger partial charge on any atom is -0.497 e. The Balaban J connectivity index is 2.01. The SMILES string of the molecule is COc1ccc(OC)c(-c2[nH]nc3c2[C@H](c2cc(F)ccc2F)C(C#N)=C(N)O3)c1. The maximum Gasteiger partial charge on any atom is 0.244 e. The number of methoxy groups -OCH3 is 2. The summed E-state index contributed by atoms with van der Waals surface area (Å²) in [5.41, 5.74) is 7.03. The van der Waals surface area contributed by atoms with Gasteiger partial charge in [0.25, 0.3) is 0 Å². The zero-order valence-electron chi connectivity index (χ0n) is 16.0. The lowest BCUT2D eigenvalue weighted by molar-refractivity contribution is 0.377. The highest BCUT2D eigenvalue weighted by Gasteiger charge is 2.37. The van der Waals surface area contributed by atoms with E-state index in [1.165, 1.54) is 14.2 Å². The monoisotopic (exact) mass is 410 g/mol. The Hall–Kier alpha value is -4.06. The second-order valence-corrected chi connectivity index (χ2v) is 6.47. The molecule has 0 bridgehead atoms. The zero-order valence-corrected chi connectivity index (χ0v) is 16.0. The van der Waals surface area contributed by atoms with E-state index in [0.717, 1.165) is 18.2 Å². The van der Waals surface area contributed by atoms with E-state index >= 15 is 0 Å². The van der Waals surface area contributed by atoms with Crippen molar-refractivity contribution in [3.8, 4) is 34.7 Å². The van der Waals surface area contributed by atoms with Crippen molar-refractivity contribution in [2.24, 2.45) is 5.73 Å². The Bertz CT molecular complexity index is 1210. The van der Waals surface area contributed by atoms with Gasteiger partial charge in [-0.3, -0.25) is 5.10 Å². The average molecular weight is 410 g/mol. The number of halogens is 2. The van der Waals surface area contributed by atoms with Gasteiger partial charge in [-0.1, -0.05) is 0 Å². The number of H-pyrrole nitrogens is 1. The Morgan fingerprint density at radius 3 is 2.67 bits per heavy atom. The standard InChI is InChI=1S/C21H16F2N4O3/c1-28-11-4-6-16(29-2)13(8-11)19-18-17(12-7-10(22)3-5-15(12)23)14(9-24)20(25)30-21(18)27-26-19/h3-8,17H,25H2,1-2H3,(H,26,27)/t17-/m1/s1. The van der Waals surface area contributed by atoms with Crippen molar-refractivity contribution in [2.45, 2.75) is 5.92 Å². The number of aromatic nitrogens is 2. The summed E-state index contributed by atoms with van der Waals surface area (Å²) in [5.74, 6) is -1.55. The summed E-state index contributed by atoms with van der Waals surface area (Å²) in [6.07, 6.45) is 0. The van der Waals surface area contributed by atoms with Crippen molar-refractivity contribution >= 4 is 0 Å². The molecular formula is C21H16F2N4O3. The molecule has 0 aliphatic carbocycles. The molecule has 0 amide bonds. The molecule has 0 fully saturated rings. The van der Waals surface area contributed by atoms with Crippen LogP contribution in [-0.2, 0) is 0 Å². The number of rotatable bonds is 4. The van der Waals surface area contributed by atoms with Gasteiger partial charge in [-0.05, 0) is 36.4 Å². The lowest BCUT2D eigenvalue weighted by atomic mass is 9.82. The predicted molar refractivity (Wildman–Crippen MR) is 103 cm³/mol. The fraction of sp³-hybridized carbons (Fsp3) is 0.143. The first-order valence-corrected chi connectivity index (χ1v) is 8.81. The topological polar surface area (TPSA) is 106 Å². The average Bonchev–Trinajstić information content (AvgIpc) is 3.17. The number of ether oxygens (including phenoxy) is 3. The van der Waals surface area contributed by atoms with Crippen LogP contribution in [0.1, 0.15) is 17.0 Å². The minimum atomic E-state index is -1.04. The lowest BCUT2D eigenvalue weighted by Gasteiger charge is -2.24. The van der Waals surface area contributed by atoms with E-state index in [1.54, 1.807) is 18.2 Å². The smallest absolute Gasteiger partial charge is 0.244 e. The van der Waals surface area contributed by atoms with Crippen molar-refractivity contribution in [3.63, 3.8) is 0 Å². The largest absolute Gasteiger partial charge is 0.497 e. The van der Waals surface area contributed by atoms with Gasteiger partial charge in [-0.2, -0.15) is 5.26 Å². The molecule has 2 heterocycles. The molecule has 0 saturated heterocycles. The molecule has 3 aromatic rings. The number of hydrogen-bond acceptors (Lipinski definition) is 6. The number of nitrogens with one attached hydrogen (secondary N) is 1. The summed E-state index contributed by atoms with van der Waals surface area (Å²) in [6, 6.07) is 10.1. The van der Waals surface area contributed by atoms with Crippen LogP contribution in [0.25, 0.3) is 11.3 Å². The molecule has 1 atom stereocenters. The van der Waals surface area contributed by atoms with E-state index in [-0.39, 0.29) is 22.9 Å². The van der Waals surface area contributed by atoms with E-state index in [0.29, 0.717) is 28.3 Å². The van der Waals surface area contributed by atoms with Gasteiger partial charge >= 0.3 is 0 Å². The van der Waals surface area contributed by atoms with Crippen LogP contribution < -0.4 is 19.9 Å². The van der Waals surface area contributed by atoms with E-state index in [9.17, 15) is 14.0 Å². The van der Waals surface area contributed by atoms with Crippen LogP contribution in [-0.4, -0.2) is 24.4 Å². The van der Waals surface area contributed by atoms with Crippen LogP contribution in [0.4, 0.5) is 8.78 Å². The molecule has 0 radical (unpaired) electrons. The van der Waals surface area contributed by atoms with Crippen LogP contribution >= 0.6 is 0 Å². The highest BCUT2D eigenvalue weighted by Crippen LogP contribution is 2.48. The van der Waals surface area contributed by atoms with Crippen molar-refractivity contribution in [1.29, 1.82) is 5.26 Å². The Morgan fingerprint density at radius 1 is 1.17 bits per heavy atom. The molecule has 1 aliphatic rings. The Morgan fingerprint density at radius 2 is 1.97 bits per heavy atom. The normalized spacial score (nSPS) is 15.2. The summed E-state index contributed by atoms with van der Waals surface area (Å²) < 4.78 is 44.9. The zero-order chi connectivity index (χ0) is 21.4. The molecule has 152 valence electrons. The third-order valence-corrected chi connectivity index (χ3v) is 4.88. The van der Waals surface area contributed by atoms with Crippen LogP contribution in [0.2, 0.25) is 0 Å². The van der Waals surface area contributed by atoms with Gasteiger partial charge in [0.05, 0.1) is 31.4 Å². The molecule has 0 spiro atoms. The second-order valence-electron chi connectivity index (χ2n) is 6.47. The van der Waals surface area contributed by atoms with Crippen LogP contribution in [0.15, 0.2) is 47.9 Å². The molecule has 0 unspecified atom stereocenters. The van der Waals surface area contributed by atoms with Gasteiger partial charge in [-0.15, -0.1) is 5.10 Å². The van der Waals surface area contributed by atoms with E-state index in [4.69, 9.17) is 19.9 Å². The van der Waals surface area contributed by atoms with Gasteiger partial charge in [-0.25, -0.2) is 8.78 Å². The number of hydrogen-bond donors (Lipinski definition) is 2. The van der Waals surface area contributed by atoms with Gasteiger partial charge in [0.1, 0.15) is 34.8 Å². The van der Waals surface area contributed by atoms with Crippen molar-refractivity contribution in [2.75, 3.05) is 14.2 Å². The van der Waals surface area contributed by atoms with Crippen LogP contribution in [0, 0.1) is 23.0 Å². The van der Waals surface area contributed by atoms with Gasteiger partial charge in [0.2, 0.25) is 11.8 Å². The highest BCUT2D eigenvalue weighted by molar-refractivity contribution is 5.76. The Labute approximate surface area is 170 Å². The summed E-state index contributed by atoms with van der Waals surface area (Å²) in [6.45, 7) is 0. The molecule has 3 N–H and O–H groups in total. The third-order valence-electron chi connectivity index (χ3n) is 4.88. The van der Waals surface area contributed by atoms with Gasteiger partial charge in [0.15, 0.2) is 0 Å². The summed E-state index contributed by atoms with van der Waals surface area (Å²) in [5, 5.41) is 16.7. The number of benzene rings is 2. The van der Waals surface area contributed by atoms with Crippen molar-refractivity contribution < 1.29 is 23.0 Å². The first-order valence-electron chi connectivity index (χ1n) is 8.81. The number of fused-ring (bicyclic) bond motifs is 1.